The first-order valence-electron chi connectivity index (χ1n) is 14.4. The van der Waals surface area contributed by atoms with E-state index in [1.807, 2.05) is 0 Å². The molecular weight excluding hydrogens is 604 g/mol. The lowest BCUT2D eigenvalue weighted by atomic mass is 9.94. The Labute approximate surface area is 263 Å². The molecule has 1 aliphatic heterocycles. The lowest BCUT2D eigenvalue weighted by molar-refractivity contribution is -0.146. The first-order chi connectivity index (χ1) is 21.7. The van der Waals surface area contributed by atoms with E-state index < -0.39 is 78.8 Å². The molecule has 0 fully saturated rings. The number of aliphatic carboxylic acids is 1. The van der Waals surface area contributed by atoms with E-state index in [2.05, 4.69) is 20.9 Å². The lowest BCUT2D eigenvalue weighted by Crippen LogP contribution is -2.57. The van der Waals surface area contributed by atoms with E-state index in [9.17, 15) is 44.7 Å². The Morgan fingerprint density at radius 3 is 2.33 bits per heavy atom. The van der Waals surface area contributed by atoms with Gasteiger partial charge in [0.1, 0.15) is 23.6 Å². The second kappa shape index (κ2) is 15.8. The molecule has 6 atom stereocenters. The molecule has 17 nitrogen and oxygen atoms in total. The molecule has 0 aromatic heterocycles. The SMILES string of the molecule is NC(N)=NCCC[C@H](N)C(=O)NC[C@@H](O)C[C@@H]1NC(=O)[C@@H](N)Cc2cc(ccc2O)-c2ccc(O)c(c2)[C@@H](O)[C@@H](C(=O)O)NC1=O. The maximum atomic E-state index is 13.4. The van der Waals surface area contributed by atoms with Crippen molar-refractivity contribution in [3.63, 3.8) is 0 Å². The van der Waals surface area contributed by atoms with Crippen LogP contribution in [0.5, 0.6) is 11.5 Å². The maximum Gasteiger partial charge on any atom is 0.329 e. The minimum Gasteiger partial charge on any atom is -0.508 e. The summed E-state index contributed by atoms with van der Waals surface area (Å²) in [5, 5.41) is 59.5. The number of carbonyl (C=O) groups is 4. The van der Waals surface area contributed by atoms with Crippen molar-refractivity contribution < 1.29 is 44.7 Å². The number of carbonyl (C=O) groups excluding carboxylic acids is 3. The number of rotatable bonds is 10. The predicted octanol–water partition coefficient (Wildman–Crippen LogP) is -3.02. The van der Waals surface area contributed by atoms with Gasteiger partial charge < -0.3 is 64.4 Å². The Balaban J connectivity index is 1.86. The average Bonchev–Trinajstić information content (AvgIpc) is 3.00. The molecule has 1 aliphatic rings. The number of amides is 3. The molecule has 0 saturated carbocycles. The number of carboxylic acids is 1. The minimum atomic E-state index is -2.00. The van der Waals surface area contributed by atoms with Gasteiger partial charge in [-0.05, 0) is 53.8 Å². The van der Waals surface area contributed by atoms with E-state index in [0.717, 1.165) is 0 Å². The standard InChI is InChI=1S/C29H40N8O9/c30-18(2-1-7-34-29(32)33)25(42)35-12-16(38)11-20-27(44)37-23(28(45)46)24(41)17-9-14(4-6-22(17)40)13-3-5-21(39)15(8-13)10-19(31)26(43)36-20/h3-6,8-9,16,18-20,23-24,38-41H,1-2,7,10-12,30-31H2,(H,35,42)(H,36,43)(H,37,44)(H,45,46)(H4,32,33,34)/t16-,18-,19-,20-,23-,24+/m0/s1. The van der Waals surface area contributed by atoms with Crippen molar-refractivity contribution in [2.75, 3.05) is 13.1 Å². The van der Waals surface area contributed by atoms with Crippen molar-refractivity contribution in [2.24, 2.45) is 27.9 Å². The number of aliphatic hydroxyl groups excluding tert-OH is 2. The van der Waals surface area contributed by atoms with Gasteiger partial charge in [-0.3, -0.25) is 19.4 Å². The summed E-state index contributed by atoms with van der Waals surface area (Å²) in [7, 11) is 0. The van der Waals surface area contributed by atoms with Crippen LogP contribution in [0.2, 0.25) is 0 Å². The summed E-state index contributed by atoms with van der Waals surface area (Å²) < 4.78 is 0. The van der Waals surface area contributed by atoms with E-state index in [1.165, 1.54) is 36.4 Å². The Bertz CT molecular complexity index is 1470. The number of guanidine groups is 1. The molecule has 17 heteroatoms. The van der Waals surface area contributed by atoms with Crippen molar-refractivity contribution in [1.29, 1.82) is 0 Å². The molecule has 0 spiro atoms. The van der Waals surface area contributed by atoms with Crippen molar-refractivity contribution in [3.8, 4) is 22.6 Å². The molecule has 3 rings (SSSR count). The molecular formula is C29H40N8O9. The number of nitrogens with one attached hydrogen (secondary N) is 3. The highest BCUT2D eigenvalue weighted by Gasteiger charge is 2.35. The number of nitrogens with two attached hydrogens (primary N) is 4. The summed E-state index contributed by atoms with van der Waals surface area (Å²) >= 11 is 0. The predicted molar refractivity (Wildman–Crippen MR) is 165 cm³/mol. The fourth-order valence-corrected chi connectivity index (χ4v) is 4.80. The van der Waals surface area contributed by atoms with Crippen molar-refractivity contribution >= 4 is 29.7 Å². The topological polar surface area (TPSA) is 322 Å². The number of aliphatic hydroxyl groups is 2. The summed E-state index contributed by atoms with van der Waals surface area (Å²) in [6.07, 6.45) is -3.46. The summed E-state index contributed by atoms with van der Waals surface area (Å²) in [6.45, 7) is -0.134. The average molecular weight is 645 g/mol. The van der Waals surface area contributed by atoms with Gasteiger partial charge in [-0.2, -0.15) is 0 Å². The van der Waals surface area contributed by atoms with Crippen molar-refractivity contribution in [1.82, 2.24) is 16.0 Å². The lowest BCUT2D eigenvalue weighted by Gasteiger charge is -2.27. The van der Waals surface area contributed by atoms with Gasteiger partial charge in [0.25, 0.3) is 0 Å². The number of nitrogens with zero attached hydrogens (tertiary/aromatic N) is 1. The Kier molecular flexibility index (Phi) is 12.2. The number of hydrogen-bond acceptors (Lipinski definition) is 11. The summed E-state index contributed by atoms with van der Waals surface area (Å²) in [6, 6.07) is 2.65. The van der Waals surface area contributed by atoms with Gasteiger partial charge in [0.2, 0.25) is 17.7 Å². The zero-order chi connectivity index (χ0) is 34.1. The second-order valence-electron chi connectivity index (χ2n) is 10.9. The molecule has 0 radical (unpaired) electrons. The molecule has 0 unspecified atom stereocenters. The number of phenols is 2. The number of phenolic OH excluding ortho intramolecular Hbond substituents is 2. The summed E-state index contributed by atoms with van der Waals surface area (Å²) in [5.74, 6) is -4.98. The molecule has 0 aliphatic carbocycles. The van der Waals surface area contributed by atoms with Crippen LogP contribution in [0.3, 0.4) is 0 Å². The molecule has 2 aromatic rings. The number of hydrogen-bond donors (Lipinski definition) is 12. The van der Waals surface area contributed by atoms with E-state index >= 15 is 0 Å². The number of carboxylic acid groups (broad SMARTS) is 1. The highest BCUT2D eigenvalue weighted by Crippen LogP contribution is 2.34. The van der Waals surface area contributed by atoms with Crippen LogP contribution in [-0.4, -0.2) is 98.5 Å². The third-order valence-electron chi connectivity index (χ3n) is 7.37. The normalized spacial score (nSPS) is 21.4. The highest BCUT2D eigenvalue weighted by atomic mass is 16.4. The number of aromatic hydroxyl groups is 2. The fourth-order valence-electron chi connectivity index (χ4n) is 4.80. The van der Waals surface area contributed by atoms with Gasteiger partial charge in [0.15, 0.2) is 12.0 Å². The van der Waals surface area contributed by atoms with Crippen LogP contribution in [0.15, 0.2) is 41.4 Å². The summed E-state index contributed by atoms with van der Waals surface area (Å²) in [4.78, 5) is 54.8. The van der Waals surface area contributed by atoms with Gasteiger partial charge in [-0.1, -0.05) is 12.1 Å². The van der Waals surface area contributed by atoms with Gasteiger partial charge in [-0.15, -0.1) is 0 Å². The van der Waals surface area contributed by atoms with Crippen LogP contribution in [0.25, 0.3) is 11.1 Å². The minimum absolute atomic E-state index is 0.101. The van der Waals surface area contributed by atoms with E-state index in [1.54, 1.807) is 0 Å². The Morgan fingerprint density at radius 1 is 1.02 bits per heavy atom. The van der Waals surface area contributed by atoms with Crippen molar-refractivity contribution in [3.05, 3.63) is 47.5 Å². The molecule has 3 amide bonds. The first kappa shape index (κ1) is 35.5. The molecule has 0 saturated heterocycles. The van der Waals surface area contributed by atoms with Gasteiger partial charge in [0.05, 0.1) is 18.2 Å². The molecule has 4 bridgehead atoms. The third kappa shape index (κ3) is 9.51. The number of aliphatic imine (C=N–C) groups is 1. The second-order valence-corrected chi connectivity index (χ2v) is 10.9. The Hall–Kier alpha value is -4.97. The maximum absolute atomic E-state index is 13.4. The van der Waals surface area contributed by atoms with Crippen molar-refractivity contribution in [2.45, 2.75) is 62.1 Å². The van der Waals surface area contributed by atoms with Crippen LogP contribution in [0.4, 0.5) is 0 Å². The van der Waals surface area contributed by atoms with Crippen LogP contribution in [0.1, 0.15) is 36.5 Å². The smallest absolute Gasteiger partial charge is 0.329 e. The number of benzene rings is 2. The monoisotopic (exact) mass is 644 g/mol. The van der Waals surface area contributed by atoms with Gasteiger partial charge in [-0.25, -0.2) is 4.79 Å². The Morgan fingerprint density at radius 2 is 1.67 bits per heavy atom. The van der Waals surface area contributed by atoms with Crippen LogP contribution >= 0.6 is 0 Å². The zero-order valence-electron chi connectivity index (χ0n) is 24.8. The molecule has 250 valence electrons. The van der Waals surface area contributed by atoms with Crippen LogP contribution < -0.4 is 38.9 Å². The summed E-state index contributed by atoms with van der Waals surface area (Å²) in [5.41, 5.74) is 23.5. The molecule has 2 aromatic carbocycles. The highest BCUT2D eigenvalue weighted by molar-refractivity contribution is 5.92. The van der Waals surface area contributed by atoms with Crippen LogP contribution in [-0.2, 0) is 25.6 Å². The number of fused-ring (bicyclic) bond motifs is 5. The first-order valence-corrected chi connectivity index (χ1v) is 14.4. The quantitative estimate of drug-likeness (QED) is 0.0697. The van der Waals surface area contributed by atoms with Gasteiger partial charge in [0, 0.05) is 31.5 Å². The van der Waals surface area contributed by atoms with E-state index in [-0.39, 0.29) is 42.2 Å². The largest absolute Gasteiger partial charge is 0.508 e. The molecule has 16 N–H and O–H groups in total. The third-order valence-corrected chi connectivity index (χ3v) is 7.37. The van der Waals surface area contributed by atoms with E-state index in [0.29, 0.717) is 17.5 Å². The zero-order valence-corrected chi connectivity index (χ0v) is 24.8. The fraction of sp³-hybridized carbons (Fsp3) is 0.414. The van der Waals surface area contributed by atoms with Crippen LogP contribution in [0, 0.1) is 0 Å². The van der Waals surface area contributed by atoms with E-state index in [4.69, 9.17) is 22.9 Å². The molecule has 1 heterocycles. The molecule has 46 heavy (non-hydrogen) atoms. The van der Waals surface area contributed by atoms with Gasteiger partial charge >= 0.3 is 5.97 Å².